The summed E-state index contributed by atoms with van der Waals surface area (Å²) >= 11 is 6.70. The smallest absolute Gasteiger partial charge is 0.235 e. The number of para-hydroxylation sites is 1. The number of carbonyl (C=O) groups excluding carboxylic acids is 2. The van der Waals surface area contributed by atoms with Gasteiger partial charge in [-0.05, 0) is 42.7 Å². The molecule has 2 unspecified atom stereocenters. The normalized spacial score (nSPS) is 19.7. The summed E-state index contributed by atoms with van der Waals surface area (Å²) in [6.07, 6.45) is 5.86. The molecule has 1 aliphatic heterocycles. The first-order valence-corrected chi connectivity index (χ1v) is 13.3. The second kappa shape index (κ2) is 12.4. The van der Waals surface area contributed by atoms with Crippen molar-refractivity contribution in [1.82, 2.24) is 14.8 Å². The molecular weight excluding hydrogens is 521 g/mol. The maximum Gasteiger partial charge on any atom is 0.235 e. The van der Waals surface area contributed by atoms with E-state index in [2.05, 4.69) is 23.7 Å². The fraction of sp³-hybridized carbons (Fsp3) is 0.379. The lowest BCUT2D eigenvalue weighted by Crippen LogP contribution is -2.53. The number of hydrogen-bond acceptors (Lipinski definition) is 5. The second-order valence-corrected chi connectivity index (χ2v) is 10.3. The van der Waals surface area contributed by atoms with E-state index in [1.807, 2.05) is 31.2 Å². The van der Waals surface area contributed by atoms with Crippen molar-refractivity contribution in [1.29, 1.82) is 0 Å². The molecule has 1 aromatic heterocycles. The molecule has 1 aliphatic carbocycles. The average molecular weight is 554 g/mol. The van der Waals surface area contributed by atoms with Crippen molar-refractivity contribution in [3.8, 4) is 5.88 Å². The van der Waals surface area contributed by atoms with E-state index in [-0.39, 0.29) is 22.9 Å². The Morgan fingerprint density at radius 3 is 2.69 bits per heavy atom. The highest BCUT2D eigenvalue weighted by Gasteiger charge is 2.31. The van der Waals surface area contributed by atoms with Crippen LogP contribution in [0.5, 0.6) is 5.88 Å². The molecule has 0 radical (unpaired) electrons. The topological polar surface area (TPSA) is 78.3 Å². The van der Waals surface area contributed by atoms with E-state index < -0.39 is 11.9 Å². The predicted molar refractivity (Wildman–Crippen MR) is 152 cm³/mol. The molecule has 2 aliphatic rings. The van der Waals surface area contributed by atoms with E-state index in [0.29, 0.717) is 55.4 Å². The van der Waals surface area contributed by atoms with E-state index >= 15 is 0 Å². The minimum Gasteiger partial charge on any atom is -0.469 e. The van der Waals surface area contributed by atoms with Crippen LogP contribution < -0.4 is 9.64 Å². The molecule has 0 spiro atoms. The first kappa shape index (κ1) is 28.3. The number of aliphatic imine (C=N–C) groups is 1. The highest BCUT2D eigenvalue weighted by Crippen LogP contribution is 2.37. The number of halogens is 2. The van der Waals surface area contributed by atoms with E-state index in [1.54, 1.807) is 24.1 Å². The van der Waals surface area contributed by atoms with Gasteiger partial charge in [0, 0.05) is 39.1 Å². The molecule has 8 nitrogen and oxygen atoms in total. The van der Waals surface area contributed by atoms with Crippen LogP contribution in [0.3, 0.4) is 0 Å². The number of amides is 2. The summed E-state index contributed by atoms with van der Waals surface area (Å²) in [5.41, 5.74) is 2.17. The third kappa shape index (κ3) is 6.14. The van der Waals surface area contributed by atoms with Crippen molar-refractivity contribution in [3.05, 3.63) is 70.5 Å². The Labute approximate surface area is 233 Å². The quantitative estimate of drug-likeness (QED) is 0.253. The number of nitrogens with zero attached hydrogens (tertiary/aromatic N) is 5. The lowest BCUT2D eigenvalue weighted by molar-refractivity contribution is -0.120. The Morgan fingerprint density at radius 2 is 2.05 bits per heavy atom. The number of aromatic nitrogens is 1. The number of allylic oxidation sites excluding steroid dienone is 2. The molecule has 1 fully saturated rings. The van der Waals surface area contributed by atoms with Crippen LogP contribution in [-0.4, -0.2) is 72.3 Å². The molecule has 0 saturated carbocycles. The minimum absolute atomic E-state index is 0.0417. The van der Waals surface area contributed by atoms with Gasteiger partial charge in [0.25, 0.3) is 0 Å². The van der Waals surface area contributed by atoms with Crippen LogP contribution in [0.15, 0.2) is 59.4 Å². The van der Waals surface area contributed by atoms with Crippen LogP contribution >= 0.6 is 11.6 Å². The maximum absolute atomic E-state index is 13.9. The Balaban J connectivity index is 1.86. The van der Waals surface area contributed by atoms with Gasteiger partial charge in [0.2, 0.25) is 18.7 Å². The molecule has 1 aromatic carbocycles. The highest BCUT2D eigenvalue weighted by atomic mass is 35.5. The first-order valence-electron chi connectivity index (χ1n) is 12.9. The Bertz CT molecular complexity index is 1310. The van der Waals surface area contributed by atoms with Gasteiger partial charge in [-0.3, -0.25) is 19.5 Å². The van der Waals surface area contributed by atoms with Crippen LogP contribution in [0.25, 0.3) is 0 Å². The molecule has 206 valence electrons. The van der Waals surface area contributed by atoms with E-state index in [4.69, 9.17) is 21.3 Å². The minimum atomic E-state index is -0.595. The Hall–Kier alpha value is -3.72. The molecule has 10 heteroatoms. The summed E-state index contributed by atoms with van der Waals surface area (Å²) in [5, 5.41) is 0.209. The van der Waals surface area contributed by atoms with Crippen molar-refractivity contribution in [2.75, 3.05) is 31.6 Å². The van der Waals surface area contributed by atoms with Crippen molar-refractivity contribution in [3.63, 3.8) is 0 Å². The molecule has 0 bridgehead atoms. The summed E-state index contributed by atoms with van der Waals surface area (Å²) in [7, 11) is 1.67. The van der Waals surface area contributed by atoms with Crippen LogP contribution in [-0.2, 0) is 9.59 Å². The molecule has 2 amide bonds. The highest BCUT2D eigenvalue weighted by molar-refractivity contribution is 6.32. The van der Waals surface area contributed by atoms with E-state index in [1.165, 1.54) is 17.1 Å². The van der Waals surface area contributed by atoms with Crippen LogP contribution in [0.4, 0.5) is 15.9 Å². The van der Waals surface area contributed by atoms with Crippen LogP contribution in [0, 0.1) is 0 Å². The third-order valence-electron chi connectivity index (χ3n) is 6.86. The number of ether oxygens (including phenoxy) is 1. The Kier molecular flexibility index (Phi) is 9.01. The number of carbonyl (C=O) groups is 2. The zero-order valence-corrected chi connectivity index (χ0v) is 23.3. The van der Waals surface area contributed by atoms with Crippen molar-refractivity contribution >= 4 is 41.8 Å². The first-order chi connectivity index (χ1) is 18.8. The summed E-state index contributed by atoms with van der Waals surface area (Å²) in [4.78, 5) is 38.7. The molecule has 39 heavy (non-hydrogen) atoms. The molecule has 2 atom stereocenters. The van der Waals surface area contributed by atoms with Crippen LogP contribution in [0.1, 0.15) is 44.2 Å². The van der Waals surface area contributed by atoms with Gasteiger partial charge in [0.15, 0.2) is 5.82 Å². The number of amidine groups is 1. The summed E-state index contributed by atoms with van der Waals surface area (Å²) in [6.45, 7) is 7.72. The van der Waals surface area contributed by atoms with Gasteiger partial charge < -0.3 is 14.5 Å². The lowest BCUT2D eigenvalue weighted by atomic mass is 10.00. The molecular formula is C29H33ClFN5O3. The number of anilines is 2. The van der Waals surface area contributed by atoms with Crippen molar-refractivity contribution in [2.24, 2.45) is 4.99 Å². The number of rotatable bonds is 8. The Morgan fingerprint density at radius 1 is 1.28 bits per heavy atom. The zero-order chi connectivity index (χ0) is 28.1. The molecule has 4 rings (SSSR count). The van der Waals surface area contributed by atoms with Crippen molar-refractivity contribution in [2.45, 2.75) is 45.3 Å². The number of benzene rings is 1. The summed E-state index contributed by atoms with van der Waals surface area (Å²) < 4.78 is 19.9. The summed E-state index contributed by atoms with van der Waals surface area (Å²) in [6, 6.07) is 9.27. The molecule has 2 aromatic rings. The van der Waals surface area contributed by atoms with Gasteiger partial charge in [-0.2, -0.15) is 4.98 Å². The number of piperazine rings is 1. The zero-order valence-electron chi connectivity index (χ0n) is 22.6. The third-order valence-corrected chi connectivity index (χ3v) is 7.13. The van der Waals surface area contributed by atoms with Gasteiger partial charge in [-0.15, -0.1) is 0 Å². The fourth-order valence-electron chi connectivity index (χ4n) is 4.95. The SMILES string of the molecule is C/N=C(\c1cc(Cl)c(OC2C=C(F)C=CC2)nc1N(C=O)c1ccccc1C(C)C)N1CCN(C=O)CC1C. The van der Waals surface area contributed by atoms with Gasteiger partial charge in [0.05, 0.1) is 11.3 Å². The maximum atomic E-state index is 13.9. The lowest BCUT2D eigenvalue weighted by Gasteiger charge is -2.40. The number of pyridine rings is 1. The van der Waals surface area contributed by atoms with E-state index in [9.17, 15) is 14.0 Å². The van der Waals surface area contributed by atoms with E-state index in [0.717, 1.165) is 12.0 Å². The largest absolute Gasteiger partial charge is 0.469 e. The van der Waals surface area contributed by atoms with Gasteiger partial charge in [-0.1, -0.05) is 49.7 Å². The standard InChI is InChI=1S/C29H33ClFN5O3/c1-19(2)23-10-5-6-11-26(23)36(18-38)28-24(27(32-4)35-13-12-34(17-37)16-20(35)3)15-25(30)29(33-28)39-22-9-7-8-21(31)14-22/h5-8,10-11,14-15,17-20,22H,9,12-13,16H2,1-4H3/b32-27+. The molecule has 0 N–H and O–H groups in total. The molecule has 2 heterocycles. The van der Waals surface area contributed by atoms with Gasteiger partial charge >= 0.3 is 0 Å². The summed E-state index contributed by atoms with van der Waals surface area (Å²) in [5.74, 6) is 0.697. The van der Waals surface area contributed by atoms with Crippen LogP contribution in [0.2, 0.25) is 5.02 Å². The second-order valence-electron chi connectivity index (χ2n) is 9.87. The average Bonchev–Trinajstić information content (AvgIpc) is 2.92. The fourth-order valence-corrected chi connectivity index (χ4v) is 5.15. The molecule has 1 saturated heterocycles. The van der Waals surface area contributed by atoms with Gasteiger partial charge in [-0.25, -0.2) is 4.39 Å². The number of hydrogen-bond donors (Lipinski definition) is 0. The predicted octanol–water partition coefficient (Wildman–Crippen LogP) is 5.25. The van der Waals surface area contributed by atoms with Crippen molar-refractivity contribution < 1.29 is 18.7 Å². The van der Waals surface area contributed by atoms with Gasteiger partial charge in [0.1, 0.15) is 22.8 Å². The monoisotopic (exact) mass is 553 g/mol.